The van der Waals surface area contributed by atoms with Crippen LogP contribution in [0.4, 0.5) is 0 Å². The van der Waals surface area contributed by atoms with Crippen LogP contribution in [0.15, 0.2) is 41.1 Å². The predicted molar refractivity (Wildman–Crippen MR) is 93.6 cm³/mol. The molecule has 0 heterocycles. The monoisotopic (exact) mass is 285 g/mol. The number of hydrogen-bond donors (Lipinski definition) is 0. The smallest absolute Gasteiger partial charge is 0.0430 e. The van der Waals surface area contributed by atoms with E-state index in [0.717, 1.165) is 18.3 Å². The van der Waals surface area contributed by atoms with Gasteiger partial charge in [0.25, 0.3) is 0 Å². The maximum Gasteiger partial charge on any atom is 0.0430 e. The standard InChI is InChI=1S/C20H31N/c1-5-19(18-13-14-18)20(21-4)12-7-6-9-15(2)16(3)17-10-8-11-17/h5,15,17-18H,1,3-4,6-14H2,2H3/b20-19+. The molecule has 1 unspecified atom stereocenters. The summed E-state index contributed by atoms with van der Waals surface area (Å²) in [5.41, 5.74) is 4.05. The predicted octanol–water partition coefficient (Wildman–Crippen LogP) is 6.09. The van der Waals surface area contributed by atoms with E-state index in [1.807, 2.05) is 6.08 Å². The molecule has 0 aromatic heterocycles. The van der Waals surface area contributed by atoms with Gasteiger partial charge in [-0.05, 0) is 75.0 Å². The summed E-state index contributed by atoms with van der Waals surface area (Å²) in [6, 6.07) is 0. The highest BCUT2D eigenvalue weighted by Crippen LogP contribution is 2.40. The topological polar surface area (TPSA) is 12.4 Å². The first-order valence-electron chi connectivity index (χ1n) is 8.68. The molecule has 0 bridgehead atoms. The van der Waals surface area contributed by atoms with Crippen molar-refractivity contribution in [2.75, 3.05) is 0 Å². The molecule has 2 aliphatic carbocycles. The minimum atomic E-state index is 0.682. The highest BCUT2D eigenvalue weighted by Gasteiger charge is 2.26. The number of allylic oxidation sites excluding steroid dienone is 4. The van der Waals surface area contributed by atoms with E-state index in [0.29, 0.717) is 5.92 Å². The van der Waals surface area contributed by atoms with Crippen molar-refractivity contribution in [3.8, 4) is 0 Å². The zero-order chi connectivity index (χ0) is 15.2. The first-order chi connectivity index (χ1) is 10.2. The SMILES string of the molecule is C=C/C(=C(/CCCCC(C)C(=C)C1CCC1)N=C)C1CC1. The Morgan fingerprint density at radius 2 is 1.90 bits per heavy atom. The van der Waals surface area contributed by atoms with E-state index >= 15 is 0 Å². The van der Waals surface area contributed by atoms with Crippen LogP contribution in [-0.4, -0.2) is 6.72 Å². The van der Waals surface area contributed by atoms with Crippen LogP contribution in [0, 0.1) is 17.8 Å². The highest BCUT2D eigenvalue weighted by molar-refractivity contribution is 5.36. The molecule has 2 rings (SSSR count). The summed E-state index contributed by atoms with van der Waals surface area (Å²) in [6.07, 6.45) is 13.6. The average Bonchev–Trinajstić information content (AvgIpc) is 3.24. The van der Waals surface area contributed by atoms with Crippen LogP contribution in [-0.2, 0) is 0 Å². The van der Waals surface area contributed by atoms with Crippen LogP contribution in [0.5, 0.6) is 0 Å². The molecule has 0 spiro atoms. The van der Waals surface area contributed by atoms with Gasteiger partial charge in [-0.3, -0.25) is 4.99 Å². The van der Waals surface area contributed by atoms with E-state index in [2.05, 4.69) is 31.8 Å². The summed E-state index contributed by atoms with van der Waals surface area (Å²) >= 11 is 0. The third-order valence-electron chi connectivity index (χ3n) is 5.32. The Labute approximate surface area is 130 Å². The third-order valence-corrected chi connectivity index (χ3v) is 5.32. The molecular formula is C20H31N. The molecule has 0 amide bonds. The van der Waals surface area contributed by atoms with Crippen molar-refractivity contribution < 1.29 is 0 Å². The van der Waals surface area contributed by atoms with Crippen molar-refractivity contribution in [1.82, 2.24) is 0 Å². The first-order valence-corrected chi connectivity index (χ1v) is 8.68. The molecule has 116 valence electrons. The number of hydrogen-bond acceptors (Lipinski definition) is 1. The van der Waals surface area contributed by atoms with Crippen LogP contribution >= 0.6 is 0 Å². The van der Waals surface area contributed by atoms with Gasteiger partial charge in [-0.25, -0.2) is 0 Å². The molecule has 2 saturated carbocycles. The molecule has 1 atom stereocenters. The number of nitrogens with zero attached hydrogens (tertiary/aromatic N) is 1. The third kappa shape index (κ3) is 4.43. The lowest BCUT2D eigenvalue weighted by Crippen LogP contribution is -2.17. The van der Waals surface area contributed by atoms with Crippen molar-refractivity contribution in [2.24, 2.45) is 22.7 Å². The molecule has 2 aliphatic rings. The Bertz CT molecular complexity index is 421. The van der Waals surface area contributed by atoms with Crippen LogP contribution in [0.3, 0.4) is 0 Å². The molecule has 1 nitrogen and oxygen atoms in total. The molecule has 0 aliphatic heterocycles. The fourth-order valence-electron chi connectivity index (χ4n) is 3.34. The fraction of sp³-hybridized carbons (Fsp3) is 0.650. The van der Waals surface area contributed by atoms with E-state index in [-0.39, 0.29) is 0 Å². The average molecular weight is 285 g/mol. The van der Waals surface area contributed by atoms with Gasteiger partial charge < -0.3 is 0 Å². The van der Waals surface area contributed by atoms with Gasteiger partial charge in [-0.2, -0.15) is 0 Å². The molecule has 1 heteroatoms. The normalized spacial score (nSPS) is 21.2. The Hall–Kier alpha value is -1.11. The lowest BCUT2D eigenvalue weighted by molar-refractivity contribution is 0.334. The lowest BCUT2D eigenvalue weighted by Gasteiger charge is -2.31. The van der Waals surface area contributed by atoms with E-state index in [1.165, 1.54) is 68.2 Å². The Balaban J connectivity index is 1.71. The van der Waals surface area contributed by atoms with Gasteiger partial charge in [0.05, 0.1) is 0 Å². The Kier molecular flexibility index (Phi) is 6.02. The molecule has 0 aromatic rings. The van der Waals surface area contributed by atoms with Crippen molar-refractivity contribution in [3.05, 3.63) is 36.1 Å². The molecule has 21 heavy (non-hydrogen) atoms. The van der Waals surface area contributed by atoms with Gasteiger partial charge in [0, 0.05) is 5.70 Å². The lowest BCUT2D eigenvalue weighted by atomic mass is 9.75. The Morgan fingerprint density at radius 3 is 2.38 bits per heavy atom. The van der Waals surface area contributed by atoms with Gasteiger partial charge in [-0.15, -0.1) is 0 Å². The van der Waals surface area contributed by atoms with Crippen LogP contribution in [0.2, 0.25) is 0 Å². The van der Waals surface area contributed by atoms with Crippen molar-refractivity contribution in [3.63, 3.8) is 0 Å². The van der Waals surface area contributed by atoms with Crippen molar-refractivity contribution in [1.29, 1.82) is 0 Å². The van der Waals surface area contributed by atoms with Gasteiger partial charge in [0.15, 0.2) is 0 Å². The summed E-state index contributed by atoms with van der Waals surface area (Å²) in [5.74, 6) is 2.23. The second-order valence-corrected chi connectivity index (χ2v) is 6.89. The van der Waals surface area contributed by atoms with Gasteiger partial charge in [-0.1, -0.05) is 44.6 Å². The first kappa shape index (κ1) is 16.3. The summed E-state index contributed by atoms with van der Waals surface area (Å²) < 4.78 is 0. The molecule has 2 fully saturated rings. The van der Waals surface area contributed by atoms with Crippen LogP contribution in [0.25, 0.3) is 0 Å². The fourth-order valence-corrected chi connectivity index (χ4v) is 3.34. The van der Waals surface area contributed by atoms with E-state index < -0.39 is 0 Å². The van der Waals surface area contributed by atoms with E-state index in [1.54, 1.807) is 0 Å². The zero-order valence-electron chi connectivity index (χ0n) is 13.7. The number of rotatable bonds is 10. The van der Waals surface area contributed by atoms with E-state index in [9.17, 15) is 0 Å². The zero-order valence-corrected chi connectivity index (χ0v) is 13.7. The number of aliphatic imine (C=N–C) groups is 1. The second kappa shape index (κ2) is 7.77. The molecule has 0 radical (unpaired) electrons. The molecule has 0 N–H and O–H groups in total. The second-order valence-electron chi connectivity index (χ2n) is 6.89. The molecule has 0 aromatic carbocycles. The maximum atomic E-state index is 4.33. The Morgan fingerprint density at radius 1 is 1.19 bits per heavy atom. The van der Waals surface area contributed by atoms with Gasteiger partial charge in [0.1, 0.15) is 0 Å². The largest absolute Gasteiger partial charge is 0.269 e. The minimum absolute atomic E-state index is 0.682. The summed E-state index contributed by atoms with van der Waals surface area (Å²) in [7, 11) is 0. The van der Waals surface area contributed by atoms with Crippen molar-refractivity contribution in [2.45, 2.75) is 64.7 Å². The molecule has 0 saturated heterocycles. The van der Waals surface area contributed by atoms with Crippen LogP contribution < -0.4 is 0 Å². The highest BCUT2D eigenvalue weighted by atomic mass is 14.7. The van der Waals surface area contributed by atoms with Crippen molar-refractivity contribution >= 4 is 6.72 Å². The summed E-state index contributed by atoms with van der Waals surface area (Å²) in [6.45, 7) is 14.4. The van der Waals surface area contributed by atoms with Gasteiger partial charge >= 0.3 is 0 Å². The maximum absolute atomic E-state index is 4.33. The van der Waals surface area contributed by atoms with Gasteiger partial charge in [0.2, 0.25) is 0 Å². The minimum Gasteiger partial charge on any atom is -0.269 e. The molecular weight excluding hydrogens is 254 g/mol. The van der Waals surface area contributed by atoms with E-state index in [4.69, 9.17) is 0 Å². The number of unbranched alkanes of at least 4 members (excludes halogenated alkanes) is 1. The summed E-state index contributed by atoms with van der Waals surface area (Å²) in [5, 5.41) is 0. The quantitative estimate of drug-likeness (QED) is 0.199. The summed E-state index contributed by atoms with van der Waals surface area (Å²) in [4.78, 5) is 4.26. The van der Waals surface area contributed by atoms with Crippen LogP contribution in [0.1, 0.15) is 64.7 Å².